The molecule has 1 saturated heterocycles. The van der Waals surface area contributed by atoms with E-state index >= 15 is 0 Å². The zero-order valence-electron chi connectivity index (χ0n) is 12.4. The summed E-state index contributed by atoms with van der Waals surface area (Å²) in [6, 6.07) is 0.239. The normalized spacial score (nSPS) is 19.7. The lowest BCUT2D eigenvalue weighted by Crippen LogP contribution is -2.45. The van der Waals surface area contributed by atoms with Crippen LogP contribution in [0, 0.1) is 6.92 Å². The first-order chi connectivity index (χ1) is 10.1. The molecule has 1 amide bonds. The number of rotatable bonds is 6. The second kappa shape index (κ2) is 7.77. The number of hydrogen-bond donors (Lipinski definition) is 2. The van der Waals surface area contributed by atoms with Crippen molar-refractivity contribution in [3.63, 3.8) is 0 Å². The first-order valence-corrected chi connectivity index (χ1v) is 7.79. The Morgan fingerprint density at radius 2 is 2.38 bits per heavy atom. The van der Waals surface area contributed by atoms with Gasteiger partial charge in [0.2, 0.25) is 5.91 Å². The van der Waals surface area contributed by atoms with Crippen molar-refractivity contribution >= 4 is 17.5 Å². The molecule has 1 aliphatic heterocycles. The summed E-state index contributed by atoms with van der Waals surface area (Å²) in [6.07, 6.45) is 5.03. The van der Waals surface area contributed by atoms with E-state index in [0.717, 1.165) is 31.6 Å². The molecule has 7 heteroatoms. The summed E-state index contributed by atoms with van der Waals surface area (Å²) in [5, 5.41) is 17.0. The molecule has 0 aliphatic carbocycles. The molecule has 2 heterocycles. The van der Waals surface area contributed by atoms with Crippen LogP contribution in [0.5, 0.6) is 0 Å². The van der Waals surface area contributed by atoms with E-state index in [-0.39, 0.29) is 25.1 Å². The second-order valence-corrected chi connectivity index (χ2v) is 5.89. The number of nitrogens with one attached hydrogen (secondary N) is 1. The Hall–Kier alpha value is -1.11. The third kappa shape index (κ3) is 4.69. The number of carbonyl (C=O) groups is 1. The van der Waals surface area contributed by atoms with Crippen LogP contribution in [-0.2, 0) is 11.3 Å². The molecule has 1 aromatic heterocycles. The molecule has 1 atom stereocenters. The van der Waals surface area contributed by atoms with Gasteiger partial charge in [-0.25, -0.2) is 0 Å². The Kier molecular flexibility index (Phi) is 6.02. The van der Waals surface area contributed by atoms with Crippen LogP contribution in [0.1, 0.15) is 25.0 Å². The second-order valence-electron chi connectivity index (χ2n) is 5.48. The van der Waals surface area contributed by atoms with Crippen LogP contribution >= 0.6 is 11.6 Å². The maximum absolute atomic E-state index is 11.8. The number of likely N-dealkylation sites (tertiary alicyclic amines) is 1. The van der Waals surface area contributed by atoms with Crippen molar-refractivity contribution in [3.05, 3.63) is 16.9 Å². The van der Waals surface area contributed by atoms with Gasteiger partial charge in [-0.2, -0.15) is 5.10 Å². The summed E-state index contributed by atoms with van der Waals surface area (Å²) >= 11 is 5.91. The predicted molar refractivity (Wildman–Crippen MR) is 81.3 cm³/mol. The number of aromatic nitrogens is 2. The summed E-state index contributed by atoms with van der Waals surface area (Å²) in [5.41, 5.74) is 0.726. The van der Waals surface area contributed by atoms with Gasteiger partial charge in [0.25, 0.3) is 0 Å². The molecule has 1 unspecified atom stereocenters. The number of aliphatic hydroxyl groups is 1. The molecule has 1 aromatic rings. The van der Waals surface area contributed by atoms with E-state index < -0.39 is 0 Å². The van der Waals surface area contributed by atoms with Crippen molar-refractivity contribution in [3.8, 4) is 0 Å². The minimum atomic E-state index is -0.0771. The van der Waals surface area contributed by atoms with Crippen molar-refractivity contribution in [1.29, 1.82) is 0 Å². The van der Waals surface area contributed by atoms with Gasteiger partial charge >= 0.3 is 0 Å². The van der Waals surface area contributed by atoms with Crippen LogP contribution in [0.4, 0.5) is 0 Å². The minimum Gasteiger partial charge on any atom is -0.395 e. The SMILES string of the molecule is Cc1nn(CC(=O)NCCN2CCCCC2CO)cc1Cl. The van der Waals surface area contributed by atoms with E-state index in [1.165, 1.54) is 6.42 Å². The van der Waals surface area contributed by atoms with Gasteiger partial charge in [0.15, 0.2) is 0 Å². The first kappa shape index (κ1) is 16.3. The molecule has 1 fully saturated rings. The smallest absolute Gasteiger partial charge is 0.241 e. The topological polar surface area (TPSA) is 70.4 Å². The zero-order chi connectivity index (χ0) is 15.2. The molecule has 0 saturated carbocycles. The molecule has 2 N–H and O–H groups in total. The molecular formula is C14H23ClN4O2. The fraction of sp³-hybridized carbons (Fsp3) is 0.714. The van der Waals surface area contributed by atoms with Crippen molar-refractivity contribution < 1.29 is 9.90 Å². The Morgan fingerprint density at radius 3 is 3.05 bits per heavy atom. The Labute approximate surface area is 130 Å². The van der Waals surface area contributed by atoms with E-state index in [9.17, 15) is 9.90 Å². The Bertz CT molecular complexity index is 458. The van der Waals surface area contributed by atoms with E-state index in [1.54, 1.807) is 10.9 Å². The maximum atomic E-state index is 11.8. The average Bonchev–Trinajstić information content (AvgIpc) is 2.77. The summed E-state index contributed by atoms with van der Waals surface area (Å²) < 4.78 is 1.55. The summed E-state index contributed by atoms with van der Waals surface area (Å²) in [5.74, 6) is -0.0771. The van der Waals surface area contributed by atoms with Gasteiger partial charge in [0, 0.05) is 25.3 Å². The highest BCUT2D eigenvalue weighted by molar-refractivity contribution is 6.31. The Morgan fingerprint density at radius 1 is 1.57 bits per heavy atom. The fourth-order valence-electron chi connectivity index (χ4n) is 2.68. The van der Waals surface area contributed by atoms with E-state index in [2.05, 4.69) is 15.3 Å². The van der Waals surface area contributed by atoms with Crippen molar-refractivity contribution in [1.82, 2.24) is 20.0 Å². The molecule has 0 aromatic carbocycles. The van der Waals surface area contributed by atoms with Gasteiger partial charge < -0.3 is 10.4 Å². The molecular weight excluding hydrogens is 292 g/mol. The van der Waals surface area contributed by atoms with Crippen molar-refractivity contribution in [2.24, 2.45) is 0 Å². The number of aliphatic hydroxyl groups excluding tert-OH is 1. The van der Waals surface area contributed by atoms with E-state index in [0.29, 0.717) is 11.6 Å². The molecule has 21 heavy (non-hydrogen) atoms. The first-order valence-electron chi connectivity index (χ1n) is 7.41. The fourth-order valence-corrected chi connectivity index (χ4v) is 2.83. The maximum Gasteiger partial charge on any atom is 0.241 e. The summed E-state index contributed by atoms with van der Waals surface area (Å²) in [7, 11) is 0. The summed E-state index contributed by atoms with van der Waals surface area (Å²) in [6.45, 7) is 4.53. The van der Waals surface area contributed by atoms with E-state index in [1.807, 2.05) is 6.92 Å². The highest BCUT2D eigenvalue weighted by Crippen LogP contribution is 2.15. The molecule has 0 bridgehead atoms. The molecule has 0 radical (unpaired) electrons. The minimum absolute atomic E-state index is 0.0771. The van der Waals surface area contributed by atoms with Crippen LogP contribution in [0.3, 0.4) is 0 Å². The van der Waals surface area contributed by atoms with Crippen LogP contribution in [0.2, 0.25) is 5.02 Å². The van der Waals surface area contributed by atoms with E-state index in [4.69, 9.17) is 11.6 Å². The van der Waals surface area contributed by atoms with Crippen LogP contribution in [-0.4, -0.2) is 58.0 Å². The molecule has 1 aliphatic rings. The number of aryl methyl sites for hydroxylation is 1. The van der Waals surface area contributed by atoms with Gasteiger partial charge in [-0.1, -0.05) is 18.0 Å². The third-order valence-electron chi connectivity index (χ3n) is 3.87. The molecule has 6 nitrogen and oxygen atoms in total. The number of amides is 1. The van der Waals surface area contributed by atoms with Crippen LogP contribution in [0.25, 0.3) is 0 Å². The van der Waals surface area contributed by atoms with Crippen molar-refractivity contribution in [2.75, 3.05) is 26.2 Å². The lowest BCUT2D eigenvalue weighted by Gasteiger charge is -2.34. The lowest BCUT2D eigenvalue weighted by molar-refractivity contribution is -0.121. The standard InChI is InChI=1S/C14H23ClN4O2/c1-11-13(15)8-19(17-11)9-14(21)16-5-7-18-6-3-2-4-12(18)10-20/h8,12,20H,2-7,9-10H2,1H3,(H,16,21). The van der Waals surface area contributed by atoms with Crippen LogP contribution in [0.15, 0.2) is 6.20 Å². The number of nitrogens with zero attached hydrogens (tertiary/aromatic N) is 3. The highest BCUT2D eigenvalue weighted by atomic mass is 35.5. The number of halogens is 1. The number of hydrogen-bond acceptors (Lipinski definition) is 4. The average molecular weight is 315 g/mol. The predicted octanol–water partition coefficient (Wildman–Crippen LogP) is 0.808. The molecule has 0 spiro atoms. The number of carbonyl (C=O) groups excluding carboxylic acids is 1. The van der Waals surface area contributed by atoms with Crippen LogP contribution < -0.4 is 5.32 Å². The zero-order valence-corrected chi connectivity index (χ0v) is 13.1. The van der Waals surface area contributed by atoms with Gasteiger partial charge in [-0.15, -0.1) is 0 Å². The van der Waals surface area contributed by atoms with Gasteiger partial charge in [-0.05, 0) is 26.3 Å². The molecule has 118 valence electrons. The van der Waals surface area contributed by atoms with Gasteiger partial charge in [-0.3, -0.25) is 14.4 Å². The molecule has 2 rings (SSSR count). The summed E-state index contributed by atoms with van der Waals surface area (Å²) in [4.78, 5) is 14.1. The van der Waals surface area contributed by atoms with Gasteiger partial charge in [0.1, 0.15) is 6.54 Å². The quantitative estimate of drug-likeness (QED) is 0.815. The monoisotopic (exact) mass is 314 g/mol. The lowest BCUT2D eigenvalue weighted by atomic mass is 10.0. The largest absolute Gasteiger partial charge is 0.395 e. The van der Waals surface area contributed by atoms with Gasteiger partial charge in [0.05, 0.1) is 17.3 Å². The Balaban J connectivity index is 1.71. The highest BCUT2D eigenvalue weighted by Gasteiger charge is 2.21. The number of piperidine rings is 1. The van der Waals surface area contributed by atoms with Crippen molar-refractivity contribution in [2.45, 2.75) is 38.8 Å². The third-order valence-corrected chi connectivity index (χ3v) is 4.24.